The molecule has 0 atom stereocenters. The number of sulfonamides is 1. The van der Waals surface area contributed by atoms with Crippen LogP contribution in [0, 0.1) is 13.8 Å². The van der Waals surface area contributed by atoms with Gasteiger partial charge < -0.3 is 9.47 Å². The minimum Gasteiger partial charge on any atom is -0.486 e. The maximum atomic E-state index is 12.6. The first-order chi connectivity index (χ1) is 11.0. The third-order valence-corrected chi connectivity index (χ3v) is 5.22. The lowest BCUT2D eigenvalue weighted by Crippen LogP contribution is -2.24. The van der Waals surface area contributed by atoms with Crippen molar-refractivity contribution in [3.8, 4) is 11.5 Å². The van der Waals surface area contributed by atoms with Crippen molar-refractivity contribution in [3.63, 3.8) is 0 Å². The molecule has 6 heteroatoms. The number of aryl methyl sites for hydroxylation is 2. The third kappa shape index (κ3) is 3.48. The molecule has 0 spiro atoms. The number of benzene rings is 2. The van der Waals surface area contributed by atoms with Crippen molar-refractivity contribution in [1.29, 1.82) is 0 Å². The molecule has 0 aliphatic carbocycles. The highest BCUT2D eigenvalue weighted by molar-refractivity contribution is 7.89. The molecule has 0 fully saturated rings. The zero-order valence-electron chi connectivity index (χ0n) is 13.1. The van der Waals surface area contributed by atoms with E-state index in [4.69, 9.17) is 9.47 Å². The lowest BCUT2D eigenvalue weighted by molar-refractivity contribution is 0.171. The smallest absolute Gasteiger partial charge is 0.241 e. The second-order valence-electron chi connectivity index (χ2n) is 5.57. The van der Waals surface area contributed by atoms with Gasteiger partial charge in [-0.3, -0.25) is 0 Å². The number of fused-ring (bicyclic) bond motifs is 1. The van der Waals surface area contributed by atoms with Crippen LogP contribution in [-0.2, 0) is 16.6 Å². The van der Waals surface area contributed by atoms with E-state index in [2.05, 4.69) is 4.72 Å². The van der Waals surface area contributed by atoms with Crippen LogP contribution in [0.5, 0.6) is 11.5 Å². The van der Waals surface area contributed by atoms with Gasteiger partial charge in [0.15, 0.2) is 11.5 Å². The van der Waals surface area contributed by atoms with Crippen LogP contribution >= 0.6 is 0 Å². The van der Waals surface area contributed by atoms with Crippen LogP contribution in [0.1, 0.15) is 16.7 Å². The largest absolute Gasteiger partial charge is 0.486 e. The molecular formula is C17H19NO4S. The van der Waals surface area contributed by atoms with Gasteiger partial charge in [-0.25, -0.2) is 13.1 Å². The van der Waals surface area contributed by atoms with E-state index in [1.807, 2.05) is 31.2 Å². The van der Waals surface area contributed by atoms with Crippen molar-refractivity contribution in [1.82, 2.24) is 4.72 Å². The van der Waals surface area contributed by atoms with E-state index >= 15 is 0 Å². The van der Waals surface area contributed by atoms with Crippen molar-refractivity contribution in [3.05, 3.63) is 53.1 Å². The summed E-state index contributed by atoms with van der Waals surface area (Å²) in [5.74, 6) is 1.06. The fourth-order valence-electron chi connectivity index (χ4n) is 2.54. The first kappa shape index (κ1) is 15.8. The van der Waals surface area contributed by atoms with Crippen LogP contribution in [0.4, 0.5) is 0 Å². The second kappa shape index (κ2) is 6.22. The summed E-state index contributed by atoms with van der Waals surface area (Å²) in [5, 5.41) is 0. The molecule has 0 aromatic heterocycles. The van der Waals surface area contributed by atoms with E-state index < -0.39 is 10.0 Å². The zero-order valence-corrected chi connectivity index (χ0v) is 13.9. The Morgan fingerprint density at radius 2 is 1.74 bits per heavy atom. The molecule has 23 heavy (non-hydrogen) atoms. The Kier molecular flexibility index (Phi) is 4.28. The lowest BCUT2D eigenvalue weighted by atomic mass is 10.1. The quantitative estimate of drug-likeness (QED) is 0.934. The van der Waals surface area contributed by atoms with Gasteiger partial charge in [0.1, 0.15) is 13.2 Å². The summed E-state index contributed by atoms with van der Waals surface area (Å²) in [7, 11) is -3.62. The monoisotopic (exact) mass is 333 g/mol. The fraction of sp³-hybridized carbons (Fsp3) is 0.294. The zero-order chi connectivity index (χ0) is 16.4. The lowest BCUT2D eigenvalue weighted by Gasteiger charge is -2.20. The second-order valence-corrected chi connectivity index (χ2v) is 7.31. The molecule has 1 aliphatic rings. The summed E-state index contributed by atoms with van der Waals surface area (Å²) in [5.41, 5.74) is 2.65. The summed E-state index contributed by atoms with van der Waals surface area (Å²) < 4.78 is 38.8. The van der Waals surface area contributed by atoms with Gasteiger partial charge in [0, 0.05) is 12.6 Å². The topological polar surface area (TPSA) is 64.6 Å². The molecule has 0 bridgehead atoms. The standard InChI is InChI=1S/C17H19NO4S/c1-12-4-3-5-14(8-12)11-18-23(19,20)17-10-16-15(9-13(17)2)21-6-7-22-16/h3-5,8-10,18H,6-7,11H2,1-2H3. The Morgan fingerprint density at radius 1 is 1.04 bits per heavy atom. The third-order valence-electron chi connectivity index (χ3n) is 3.68. The summed E-state index contributed by atoms with van der Waals surface area (Å²) in [6.07, 6.45) is 0. The highest BCUT2D eigenvalue weighted by Crippen LogP contribution is 2.34. The summed E-state index contributed by atoms with van der Waals surface area (Å²) in [4.78, 5) is 0.217. The summed E-state index contributed by atoms with van der Waals surface area (Å²) in [6, 6.07) is 11.0. The van der Waals surface area contributed by atoms with E-state index in [1.54, 1.807) is 13.0 Å². The normalized spacial score (nSPS) is 13.8. The molecule has 1 heterocycles. The summed E-state index contributed by atoms with van der Waals surface area (Å²) >= 11 is 0. The molecule has 0 unspecified atom stereocenters. The number of hydrogen-bond acceptors (Lipinski definition) is 4. The number of nitrogens with one attached hydrogen (secondary N) is 1. The van der Waals surface area contributed by atoms with Crippen molar-refractivity contribution in [2.24, 2.45) is 0 Å². The van der Waals surface area contributed by atoms with E-state index in [0.29, 0.717) is 30.3 Å². The van der Waals surface area contributed by atoms with Gasteiger partial charge in [-0.15, -0.1) is 0 Å². The first-order valence-corrected chi connectivity index (χ1v) is 8.89. The first-order valence-electron chi connectivity index (χ1n) is 7.41. The van der Waals surface area contributed by atoms with Crippen LogP contribution < -0.4 is 14.2 Å². The molecule has 3 rings (SSSR count). The van der Waals surface area contributed by atoms with Crippen LogP contribution in [0.25, 0.3) is 0 Å². The molecule has 122 valence electrons. The number of ether oxygens (including phenoxy) is 2. The molecule has 5 nitrogen and oxygen atoms in total. The molecule has 0 amide bonds. The minimum absolute atomic E-state index is 0.217. The van der Waals surface area contributed by atoms with E-state index in [0.717, 1.165) is 11.1 Å². The minimum atomic E-state index is -3.62. The van der Waals surface area contributed by atoms with Crippen molar-refractivity contribution in [2.45, 2.75) is 25.3 Å². The molecule has 2 aromatic carbocycles. The maximum absolute atomic E-state index is 12.6. The number of hydrogen-bond donors (Lipinski definition) is 1. The van der Waals surface area contributed by atoms with Gasteiger partial charge in [-0.2, -0.15) is 0 Å². The van der Waals surface area contributed by atoms with Gasteiger partial charge in [0.25, 0.3) is 0 Å². The molecular weight excluding hydrogens is 314 g/mol. The van der Waals surface area contributed by atoms with Crippen molar-refractivity contribution < 1.29 is 17.9 Å². The van der Waals surface area contributed by atoms with Crippen molar-refractivity contribution in [2.75, 3.05) is 13.2 Å². The molecule has 1 aliphatic heterocycles. The Bertz CT molecular complexity index is 830. The van der Waals surface area contributed by atoms with Crippen LogP contribution in [-0.4, -0.2) is 21.6 Å². The molecule has 0 radical (unpaired) electrons. The Hall–Kier alpha value is -2.05. The SMILES string of the molecule is Cc1cccc(CNS(=O)(=O)c2cc3c(cc2C)OCCO3)c1. The Balaban J connectivity index is 1.84. The number of rotatable bonds is 4. The summed E-state index contributed by atoms with van der Waals surface area (Å²) in [6.45, 7) is 4.87. The predicted molar refractivity (Wildman–Crippen MR) is 87.4 cm³/mol. The maximum Gasteiger partial charge on any atom is 0.241 e. The fourth-order valence-corrected chi connectivity index (χ4v) is 3.80. The average Bonchev–Trinajstić information content (AvgIpc) is 2.52. The molecule has 0 saturated heterocycles. The van der Waals surface area contributed by atoms with Gasteiger partial charge in [0.2, 0.25) is 10.0 Å². The Labute approximate surface area is 136 Å². The van der Waals surface area contributed by atoms with Gasteiger partial charge in [-0.1, -0.05) is 29.8 Å². The highest BCUT2D eigenvalue weighted by atomic mass is 32.2. The van der Waals surface area contributed by atoms with E-state index in [-0.39, 0.29) is 11.4 Å². The highest BCUT2D eigenvalue weighted by Gasteiger charge is 2.22. The van der Waals surface area contributed by atoms with Gasteiger partial charge in [0.05, 0.1) is 4.90 Å². The van der Waals surface area contributed by atoms with Gasteiger partial charge in [-0.05, 0) is 31.0 Å². The van der Waals surface area contributed by atoms with Crippen LogP contribution in [0.3, 0.4) is 0 Å². The predicted octanol–water partition coefficient (Wildman–Crippen LogP) is 2.55. The van der Waals surface area contributed by atoms with Crippen LogP contribution in [0.15, 0.2) is 41.3 Å². The van der Waals surface area contributed by atoms with Crippen molar-refractivity contribution >= 4 is 10.0 Å². The molecule has 2 aromatic rings. The Morgan fingerprint density at radius 3 is 2.43 bits per heavy atom. The van der Waals surface area contributed by atoms with Crippen LogP contribution in [0.2, 0.25) is 0 Å². The average molecular weight is 333 g/mol. The molecule has 1 N–H and O–H groups in total. The van der Waals surface area contributed by atoms with Gasteiger partial charge >= 0.3 is 0 Å². The van der Waals surface area contributed by atoms with E-state index in [9.17, 15) is 8.42 Å². The van der Waals surface area contributed by atoms with E-state index in [1.165, 1.54) is 6.07 Å². The molecule has 0 saturated carbocycles.